The molecule has 0 aromatic carbocycles. The van der Waals surface area contributed by atoms with Crippen LogP contribution in [0.15, 0.2) is 0 Å². The lowest BCUT2D eigenvalue weighted by molar-refractivity contribution is 0.353. The van der Waals surface area contributed by atoms with Crippen molar-refractivity contribution in [2.75, 3.05) is 13.1 Å². The molecular formula is C15H30N2. The van der Waals surface area contributed by atoms with Gasteiger partial charge in [0.05, 0.1) is 0 Å². The Morgan fingerprint density at radius 2 is 2.12 bits per heavy atom. The van der Waals surface area contributed by atoms with E-state index in [1.165, 1.54) is 64.5 Å². The second kappa shape index (κ2) is 6.19. The summed E-state index contributed by atoms with van der Waals surface area (Å²) in [6, 6.07) is 1.61. The van der Waals surface area contributed by atoms with Gasteiger partial charge in [0, 0.05) is 12.1 Å². The molecule has 0 aromatic rings. The van der Waals surface area contributed by atoms with Crippen LogP contribution in [-0.4, -0.2) is 25.2 Å². The average Bonchev–Trinajstić information content (AvgIpc) is 2.66. The second-order valence-electron chi connectivity index (χ2n) is 6.85. The molecule has 0 aromatic heterocycles. The summed E-state index contributed by atoms with van der Waals surface area (Å²) in [5.41, 5.74) is 0.586. The first-order valence-electron chi connectivity index (χ1n) is 7.62. The Hall–Kier alpha value is -0.0800. The van der Waals surface area contributed by atoms with E-state index in [0.29, 0.717) is 5.41 Å². The SMILES string of the molecule is CC1(C)CCC(NCCCC2CCCCN2)C1. The normalized spacial score (nSPS) is 32.8. The van der Waals surface area contributed by atoms with E-state index in [9.17, 15) is 0 Å². The number of hydrogen-bond acceptors (Lipinski definition) is 2. The van der Waals surface area contributed by atoms with Crippen LogP contribution in [0.5, 0.6) is 0 Å². The highest BCUT2D eigenvalue weighted by atomic mass is 14.9. The molecule has 0 spiro atoms. The van der Waals surface area contributed by atoms with Crippen LogP contribution in [-0.2, 0) is 0 Å². The third-order valence-corrected chi connectivity index (χ3v) is 4.54. The van der Waals surface area contributed by atoms with Crippen molar-refractivity contribution in [3.8, 4) is 0 Å². The molecule has 2 fully saturated rings. The molecule has 1 saturated heterocycles. The minimum atomic E-state index is 0.586. The molecule has 0 amide bonds. The van der Waals surface area contributed by atoms with Crippen molar-refractivity contribution in [3.63, 3.8) is 0 Å². The Morgan fingerprint density at radius 1 is 1.24 bits per heavy atom. The summed E-state index contributed by atoms with van der Waals surface area (Å²) in [6.07, 6.45) is 11.1. The molecule has 2 rings (SSSR count). The van der Waals surface area contributed by atoms with Crippen LogP contribution < -0.4 is 10.6 Å². The second-order valence-corrected chi connectivity index (χ2v) is 6.85. The van der Waals surface area contributed by atoms with Crippen LogP contribution in [0.3, 0.4) is 0 Å². The highest BCUT2D eigenvalue weighted by molar-refractivity contribution is 4.86. The van der Waals surface area contributed by atoms with Gasteiger partial charge in [-0.25, -0.2) is 0 Å². The lowest BCUT2D eigenvalue weighted by atomic mass is 9.92. The predicted molar refractivity (Wildman–Crippen MR) is 74.3 cm³/mol. The number of nitrogens with one attached hydrogen (secondary N) is 2. The Labute approximate surface area is 107 Å². The van der Waals surface area contributed by atoms with E-state index >= 15 is 0 Å². The molecule has 2 heteroatoms. The Bertz CT molecular complexity index is 219. The first-order chi connectivity index (χ1) is 8.16. The molecule has 1 heterocycles. The van der Waals surface area contributed by atoms with E-state index in [1.54, 1.807) is 0 Å². The molecule has 1 aliphatic carbocycles. The van der Waals surface area contributed by atoms with E-state index in [4.69, 9.17) is 0 Å². The van der Waals surface area contributed by atoms with Gasteiger partial charge in [0.2, 0.25) is 0 Å². The lowest BCUT2D eigenvalue weighted by Gasteiger charge is -2.23. The zero-order chi connectivity index (χ0) is 12.1. The lowest BCUT2D eigenvalue weighted by Crippen LogP contribution is -2.35. The largest absolute Gasteiger partial charge is 0.314 e. The molecule has 2 aliphatic rings. The Balaban J connectivity index is 1.51. The van der Waals surface area contributed by atoms with Crippen molar-refractivity contribution in [1.82, 2.24) is 10.6 Å². The number of piperidine rings is 1. The Kier molecular flexibility index (Phi) is 4.87. The maximum atomic E-state index is 3.75. The van der Waals surface area contributed by atoms with E-state index in [2.05, 4.69) is 24.5 Å². The van der Waals surface area contributed by atoms with Crippen LogP contribution in [0.25, 0.3) is 0 Å². The van der Waals surface area contributed by atoms with E-state index in [1.807, 2.05) is 0 Å². The summed E-state index contributed by atoms with van der Waals surface area (Å²) in [5.74, 6) is 0. The quantitative estimate of drug-likeness (QED) is 0.719. The van der Waals surface area contributed by atoms with Crippen molar-refractivity contribution in [1.29, 1.82) is 0 Å². The molecule has 1 saturated carbocycles. The van der Waals surface area contributed by atoms with Gasteiger partial charge in [0.25, 0.3) is 0 Å². The van der Waals surface area contributed by atoms with Crippen LogP contribution >= 0.6 is 0 Å². The summed E-state index contributed by atoms with van der Waals surface area (Å²) in [5, 5.41) is 7.38. The molecule has 17 heavy (non-hydrogen) atoms. The summed E-state index contributed by atoms with van der Waals surface area (Å²) >= 11 is 0. The smallest absolute Gasteiger partial charge is 0.00723 e. The standard InChI is InChI=1S/C15H30N2/c1-15(2)9-8-14(12-15)17-11-5-7-13-6-3-4-10-16-13/h13-14,16-17H,3-12H2,1-2H3. The van der Waals surface area contributed by atoms with Gasteiger partial charge in [-0.05, 0) is 63.5 Å². The third-order valence-electron chi connectivity index (χ3n) is 4.54. The zero-order valence-electron chi connectivity index (χ0n) is 11.7. The predicted octanol–water partition coefficient (Wildman–Crippen LogP) is 3.08. The van der Waals surface area contributed by atoms with Crippen LogP contribution in [0.1, 0.15) is 65.2 Å². The first kappa shape index (κ1) is 13.4. The van der Waals surface area contributed by atoms with Gasteiger partial charge < -0.3 is 10.6 Å². The van der Waals surface area contributed by atoms with Crippen molar-refractivity contribution in [2.45, 2.75) is 77.3 Å². The fourth-order valence-electron chi connectivity index (χ4n) is 3.44. The summed E-state index contributed by atoms with van der Waals surface area (Å²) in [4.78, 5) is 0. The maximum absolute atomic E-state index is 3.75. The van der Waals surface area contributed by atoms with Gasteiger partial charge >= 0.3 is 0 Å². The van der Waals surface area contributed by atoms with Gasteiger partial charge in [-0.2, -0.15) is 0 Å². The monoisotopic (exact) mass is 238 g/mol. The molecule has 2 nitrogen and oxygen atoms in total. The molecule has 100 valence electrons. The zero-order valence-corrected chi connectivity index (χ0v) is 11.7. The molecule has 1 aliphatic heterocycles. The molecule has 2 unspecified atom stereocenters. The molecular weight excluding hydrogens is 208 g/mol. The Morgan fingerprint density at radius 3 is 2.76 bits per heavy atom. The third kappa shape index (κ3) is 4.59. The number of hydrogen-bond donors (Lipinski definition) is 2. The minimum absolute atomic E-state index is 0.586. The molecule has 0 bridgehead atoms. The van der Waals surface area contributed by atoms with Crippen molar-refractivity contribution in [2.24, 2.45) is 5.41 Å². The molecule has 2 N–H and O–H groups in total. The van der Waals surface area contributed by atoms with Crippen molar-refractivity contribution >= 4 is 0 Å². The highest BCUT2D eigenvalue weighted by Crippen LogP contribution is 2.36. The highest BCUT2D eigenvalue weighted by Gasteiger charge is 2.30. The van der Waals surface area contributed by atoms with Gasteiger partial charge in [-0.1, -0.05) is 20.3 Å². The fraction of sp³-hybridized carbons (Fsp3) is 1.00. The first-order valence-corrected chi connectivity index (χ1v) is 7.62. The van der Waals surface area contributed by atoms with Crippen LogP contribution in [0, 0.1) is 5.41 Å². The topological polar surface area (TPSA) is 24.1 Å². The molecule has 2 atom stereocenters. The van der Waals surface area contributed by atoms with Crippen molar-refractivity contribution < 1.29 is 0 Å². The van der Waals surface area contributed by atoms with E-state index < -0.39 is 0 Å². The fourth-order valence-corrected chi connectivity index (χ4v) is 3.44. The van der Waals surface area contributed by atoms with Crippen molar-refractivity contribution in [3.05, 3.63) is 0 Å². The average molecular weight is 238 g/mol. The molecule has 0 radical (unpaired) electrons. The summed E-state index contributed by atoms with van der Waals surface area (Å²) < 4.78 is 0. The van der Waals surface area contributed by atoms with Gasteiger partial charge in [-0.15, -0.1) is 0 Å². The van der Waals surface area contributed by atoms with Crippen LogP contribution in [0.2, 0.25) is 0 Å². The summed E-state index contributed by atoms with van der Waals surface area (Å²) in [7, 11) is 0. The van der Waals surface area contributed by atoms with Gasteiger partial charge in [-0.3, -0.25) is 0 Å². The maximum Gasteiger partial charge on any atom is 0.00723 e. The van der Waals surface area contributed by atoms with Crippen LogP contribution in [0.4, 0.5) is 0 Å². The number of rotatable bonds is 5. The summed E-state index contributed by atoms with van der Waals surface area (Å²) in [6.45, 7) is 7.27. The van der Waals surface area contributed by atoms with E-state index in [-0.39, 0.29) is 0 Å². The minimum Gasteiger partial charge on any atom is -0.314 e. The van der Waals surface area contributed by atoms with Gasteiger partial charge in [0.15, 0.2) is 0 Å². The van der Waals surface area contributed by atoms with E-state index in [0.717, 1.165) is 12.1 Å². The van der Waals surface area contributed by atoms with Gasteiger partial charge in [0.1, 0.15) is 0 Å².